The van der Waals surface area contributed by atoms with Crippen molar-refractivity contribution in [2.75, 3.05) is 40.5 Å². The molecular formula is C34H41N3O4. The van der Waals surface area contributed by atoms with Gasteiger partial charge in [-0.3, -0.25) is 9.59 Å². The lowest BCUT2D eigenvalue weighted by Crippen LogP contribution is -2.44. The van der Waals surface area contributed by atoms with Crippen molar-refractivity contribution in [3.8, 4) is 5.75 Å². The van der Waals surface area contributed by atoms with Crippen LogP contribution < -0.4 is 4.74 Å². The maximum absolute atomic E-state index is 13.9. The zero-order valence-electron chi connectivity index (χ0n) is 24.8. The van der Waals surface area contributed by atoms with Gasteiger partial charge in [0.05, 0.1) is 13.7 Å². The Morgan fingerprint density at radius 2 is 1.54 bits per heavy atom. The molecule has 7 nitrogen and oxygen atoms in total. The molecule has 0 bridgehead atoms. The van der Waals surface area contributed by atoms with Crippen molar-refractivity contribution in [3.05, 3.63) is 101 Å². The number of nitrogens with one attached hydrogen (secondary N) is 1. The molecule has 0 aliphatic heterocycles. The van der Waals surface area contributed by atoms with Crippen LogP contribution in [0.1, 0.15) is 47.8 Å². The summed E-state index contributed by atoms with van der Waals surface area (Å²) in [5, 5.41) is 1.15. The first-order valence-electron chi connectivity index (χ1n) is 14.0. The first kappa shape index (κ1) is 29.9. The molecule has 0 spiro atoms. The fraction of sp³-hybridized carbons (Fsp3) is 0.353. The van der Waals surface area contributed by atoms with E-state index in [1.54, 1.807) is 19.1 Å². The molecule has 4 rings (SSSR count). The lowest BCUT2D eigenvalue weighted by Gasteiger charge is -2.28. The molecule has 0 saturated heterocycles. The van der Waals surface area contributed by atoms with Gasteiger partial charge >= 0.3 is 0 Å². The molecule has 0 unspecified atom stereocenters. The second kappa shape index (κ2) is 13.5. The standard InChI is InChI=1S/C34H41N3O4/c1-34(2,3)28-16-14-25(15-17-28)33(39)37(20-21-40-4)24-32(38)36(23-27-10-6-9-13-31(27)41-5)19-18-26-22-35-30-12-8-7-11-29(26)30/h6-17,22,35H,18-21,23-24H2,1-5H3. The smallest absolute Gasteiger partial charge is 0.254 e. The van der Waals surface area contributed by atoms with Crippen LogP contribution in [0, 0.1) is 0 Å². The number of benzene rings is 3. The van der Waals surface area contributed by atoms with E-state index in [1.807, 2.05) is 77.8 Å². The molecule has 1 N–H and O–H groups in total. The van der Waals surface area contributed by atoms with E-state index in [-0.39, 0.29) is 23.8 Å². The van der Waals surface area contributed by atoms with E-state index in [4.69, 9.17) is 9.47 Å². The van der Waals surface area contributed by atoms with Crippen LogP contribution in [0.5, 0.6) is 5.75 Å². The van der Waals surface area contributed by atoms with Gasteiger partial charge in [-0.2, -0.15) is 0 Å². The van der Waals surface area contributed by atoms with E-state index in [2.05, 4.69) is 31.8 Å². The number of amides is 2. The Morgan fingerprint density at radius 3 is 2.24 bits per heavy atom. The summed E-state index contributed by atoms with van der Waals surface area (Å²) in [7, 11) is 3.23. The number of fused-ring (bicyclic) bond motifs is 1. The second-order valence-electron chi connectivity index (χ2n) is 11.3. The predicted octanol–water partition coefficient (Wildman–Crippen LogP) is 5.83. The summed E-state index contributed by atoms with van der Waals surface area (Å²) in [6.07, 6.45) is 2.68. The normalized spacial score (nSPS) is 11.4. The Bertz CT molecular complexity index is 1450. The van der Waals surface area contributed by atoms with Crippen LogP contribution in [0.15, 0.2) is 79.0 Å². The predicted molar refractivity (Wildman–Crippen MR) is 163 cm³/mol. The Hall–Kier alpha value is -4.10. The van der Waals surface area contributed by atoms with Crippen molar-refractivity contribution in [1.29, 1.82) is 0 Å². The van der Waals surface area contributed by atoms with Crippen molar-refractivity contribution in [1.82, 2.24) is 14.8 Å². The molecule has 7 heteroatoms. The van der Waals surface area contributed by atoms with Gasteiger partial charge < -0.3 is 24.3 Å². The summed E-state index contributed by atoms with van der Waals surface area (Å²) >= 11 is 0. The van der Waals surface area contributed by atoms with E-state index in [9.17, 15) is 9.59 Å². The highest BCUT2D eigenvalue weighted by atomic mass is 16.5. The summed E-state index contributed by atoms with van der Waals surface area (Å²) in [5.74, 6) is 0.403. The van der Waals surface area contributed by atoms with Crippen molar-refractivity contribution >= 4 is 22.7 Å². The van der Waals surface area contributed by atoms with Crippen molar-refractivity contribution < 1.29 is 19.1 Å². The van der Waals surface area contributed by atoms with Crippen molar-refractivity contribution in [2.45, 2.75) is 39.2 Å². The lowest BCUT2D eigenvalue weighted by molar-refractivity contribution is -0.132. The van der Waals surface area contributed by atoms with Gasteiger partial charge in [-0.05, 0) is 47.2 Å². The van der Waals surface area contributed by atoms with Crippen molar-refractivity contribution in [2.24, 2.45) is 0 Å². The SMILES string of the molecule is COCCN(CC(=O)N(CCc1c[nH]c2ccccc12)Cc1ccccc1OC)C(=O)c1ccc(C(C)(C)C)cc1. The Morgan fingerprint density at radius 1 is 0.829 bits per heavy atom. The zero-order valence-corrected chi connectivity index (χ0v) is 24.8. The second-order valence-corrected chi connectivity index (χ2v) is 11.3. The molecule has 0 fully saturated rings. The van der Waals surface area contributed by atoms with Crippen LogP contribution in [-0.2, 0) is 27.9 Å². The molecule has 4 aromatic rings. The maximum atomic E-state index is 13.9. The topological polar surface area (TPSA) is 74.9 Å². The number of hydrogen-bond donors (Lipinski definition) is 1. The van der Waals surface area contributed by atoms with Gasteiger partial charge in [0.25, 0.3) is 5.91 Å². The third-order valence-electron chi connectivity index (χ3n) is 7.41. The fourth-order valence-corrected chi connectivity index (χ4v) is 4.94. The molecule has 2 amide bonds. The third kappa shape index (κ3) is 7.55. The number of hydrogen-bond acceptors (Lipinski definition) is 4. The van der Waals surface area contributed by atoms with Gasteiger partial charge in [0.2, 0.25) is 5.91 Å². The minimum Gasteiger partial charge on any atom is -0.496 e. The van der Waals surface area contributed by atoms with Gasteiger partial charge in [-0.1, -0.05) is 69.3 Å². The highest BCUT2D eigenvalue weighted by Crippen LogP contribution is 2.24. The molecule has 1 heterocycles. The molecule has 41 heavy (non-hydrogen) atoms. The number of ether oxygens (including phenoxy) is 2. The summed E-state index contributed by atoms with van der Waals surface area (Å²) < 4.78 is 10.9. The average Bonchev–Trinajstić information content (AvgIpc) is 3.39. The van der Waals surface area contributed by atoms with Gasteiger partial charge in [0.15, 0.2) is 0 Å². The van der Waals surface area contributed by atoms with Crippen LogP contribution in [0.4, 0.5) is 0 Å². The molecule has 0 radical (unpaired) electrons. The quantitative estimate of drug-likeness (QED) is 0.239. The number of nitrogens with zero attached hydrogens (tertiary/aromatic N) is 2. The minimum absolute atomic E-state index is 0.0168. The Labute approximate surface area is 243 Å². The highest BCUT2D eigenvalue weighted by Gasteiger charge is 2.24. The number of carbonyl (C=O) groups excluding carboxylic acids is 2. The Balaban J connectivity index is 1.56. The van der Waals surface area contributed by atoms with Gasteiger partial charge in [-0.15, -0.1) is 0 Å². The number of methoxy groups -OCH3 is 2. The largest absolute Gasteiger partial charge is 0.496 e. The average molecular weight is 556 g/mol. The van der Waals surface area contributed by atoms with E-state index in [1.165, 1.54) is 0 Å². The van der Waals surface area contributed by atoms with Crippen LogP contribution in [0.3, 0.4) is 0 Å². The maximum Gasteiger partial charge on any atom is 0.254 e. The summed E-state index contributed by atoms with van der Waals surface area (Å²) in [6, 6.07) is 23.5. The van der Waals surface area contributed by atoms with E-state index in [0.717, 1.165) is 33.3 Å². The first-order valence-corrected chi connectivity index (χ1v) is 14.0. The molecule has 1 aromatic heterocycles. The lowest BCUT2D eigenvalue weighted by atomic mass is 9.86. The van der Waals surface area contributed by atoms with Crippen LogP contribution in [0.25, 0.3) is 10.9 Å². The number of aromatic amines is 1. The minimum atomic E-state index is -0.190. The molecule has 216 valence electrons. The van der Waals surface area contributed by atoms with Crippen LogP contribution in [0.2, 0.25) is 0 Å². The number of para-hydroxylation sites is 2. The number of rotatable bonds is 12. The number of H-pyrrole nitrogens is 1. The number of aromatic nitrogens is 1. The summed E-state index contributed by atoms with van der Waals surface area (Å²) in [4.78, 5) is 34.2. The molecule has 0 saturated carbocycles. The van der Waals surface area contributed by atoms with Crippen LogP contribution >= 0.6 is 0 Å². The van der Waals surface area contributed by atoms with Crippen molar-refractivity contribution in [3.63, 3.8) is 0 Å². The number of carbonyl (C=O) groups is 2. The fourth-order valence-electron chi connectivity index (χ4n) is 4.94. The molecular weight excluding hydrogens is 514 g/mol. The van der Waals surface area contributed by atoms with Crippen LogP contribution in [-0.4, -0.2) is 67.1 Å². The monoisotopic (exact) mass is 555 g/mol. The van der Waals surface area contributed by atoms with E-state index in [0.29, 0.717) is 38.2 Å². The first-order chi connectivity index (χ1) is 19.7. The molecule has 0 aliphatic rings. The molecule has 0 atom stereocenters. The highest BCUT2D eigenvalue weighted by molar-refractivity contribution is 5.96. The van der Waals surface area contributed by atoms with E-state index >= 15 is 0 Å². The third-order valence-corrected chi connectivity index (χ3v) is 7.41. The molecule has 3 aromatic carbocycles. The summed E-state index contributed by atoms with van der Waals surface area (Å²) in [5.41, 5.74) is 4.81. The summed E-state index contributed by atoms with van der Waals surface area (Å²) in [6.45, 7) is 7.88. The Kier molecular flexibility index (Phi) is 9.84. The van der Waals surface area contributed by atoms with E-state index < -0.39 is 0 Å². The molecule has 0 aliphatic carbocycles. The van der Waals surface area contributed by atoms with Gasteiger partial charge in [0.1, 0.15) is 12.3 Å². The van der Waals surface area contributed by atoms with Gasteiger partial charge in [-0.25, -0.2) is 0 Å². The van der Waals surface area contributed by atoms with Gasteiger partial charge in [0, 0.05) is 55.0 Å². The zero-order chi connectivity index (χ0) is 29.4.